The van der Waals surface area contributed by atoms with Crippen LogP contribution in [0.15, 0.2) is 18.5 Å². The number of hydrogen-bond donors (Lipinski definition) is 2. The lowest BCUT2D eigenvalue weighted by Gasteiger charge is -2.39. The molecule has 2 aliphatic heterocycles. The summed E-state index contributed by atoms with van der Waals surface area (Å²) < 4.78 is 12.4. The number of carboxylic acid groups (broad SMARTS) is 1. The third-order valence-corrected chi connectivity index (χ3v) is 4.51. The summed E-state index contributed by atoms with van der Waals surface area (Å²) in [7, 11) is -1.03. The van der Waals surface area contributed by atoms with Crippen LogP contribution in [0.3, 0.4) is 0 Å². The zero-order valence-corrected chi connectivity index (χ0v) is 14.2. The molecule has 1 aromatic carbocycles. The van der Waals surface area contributed by atoms with Crippen LogP contribution in [0, 0.1) is 0 Å². The van der Waals surface area contributed by atoms with Crippen molar-refractivity contribution < 1.29 is 29.1 Å². The summed E-state index contributed by atoms with van der Waals surface area (Å²) in [5.41, 5.74) is 0.613. The van der Waals surface area contributed by atoms with Gasteiger partial charge in [0.05, 0.1) is 13.1 Å². The lowest BCUT2D eigenvalue weighted by Crippen LogP contribution is -2.57. The number of rotatable bonds is 5. The number of aryl methyl sites for hydroxylation is 1. The summed E-state index contributed by atoms with van der Waals surface area (Å²) >= 11 is 0. The number of nitrogens with zero attached hydrogens (tertiary/aromatic N) is 5. The molecule has 2 aromatic rings. The molecule has 1 fully saturated rings. The van der Waals surface area contributed by atoms with E-state index in [4.69, 9.17) is 9.39 Å². The van der Waals surface area contributed by atoms with Gasteiger partial charge in [-0.2, -0.15) is 0 Å². The van der Waals surface area contributed by atoms with Gasteiger partial charge in [-0.3, -0.25) is 4.79 Å². The van der Waals surface area contributed by atoms with E-state index in [1.165, 1.54) is 11.0 Å². The molecule has 0 aliphatic carbocycles. The average Bonchev–Trinajstić information content (AvgIpc) is 3.09. The molecule has 2 N–H and O–H groups in total. The molecule has 1 amide bonds. The van der Waals surface area contributed by atoms with Gasteiger partial charge in [-0.15, -0.1) is 5.10 Å². The SMILES string of the molecule is O=C(O)c1c(OC2CN(C(=O)Cn3cnnn3)C2)ccc2c1OB(O)CC2. The zero-order chi connectivity index (χ0) is 19.0. The molecule has 0 radical (unpaired) electrons. The van der Waals surface area contributed by atoms with E-state index in [1.54, 1.807) is 17.0 Å². The molecular formula is C15H16BN5O6. The van der Waals surface area contributed by atoms with Crippen molar-refractivity contribution in [2.75, 3.05) is 13.1 Å². The Kier molecular flexibility index (Phi) is 4.40. The van der Waals surface area contributed by atoms with E-state index in [-0.39, 0.29) is 35.6 Å². The molecular weight excluding hydrogens is 357 g/mol. The molecule has 12 heteroatoms. The molecule has 0 bridgehead atoms. The first-order valence-electron chi connectivity index (χ1n) is 8.40. The normalized spacial score (nSPS) is 16.3. The van der Waals surface area contributed by atoms with Gasteiger partial charge in [0.15, 0.2) is 0 Å². The van der Waals surface area contributed by atoms with E-state index >= 15 is 0 Å². The van der Waals surface area contributed by atoms with E-state index in [9.17, 15) is 19.7 Å². The molecule has 2 aliphatic rings. The maximum Gasteiger partial charge on any atom is 0.522 e. The predicted molar refractivity (Wildman–Crippen MR) is 89.3 cm³/mol. The van der Waals surface area contributed by atoms with E-state index in [1.807, 2.05) is 0 Å². The number of hydrogen-bond acceptors (Lipinski definition) is 8. The Hall–Kier alpha value is -3.15. The fourth-order valence-corrected chi connectivity index (χ4v) is 3.10. The molecule has 0 spiro atoms. The van der Waals surface area contributed by atoms with Crippen molar-refractivity contribution in [3.8, 4) is 11.5 Å². The topological polar surface area (TPSA) is 140 Å². The Morgan fingerprint density at radius 3 is 2.89 bits per heavy atom. The van der Waals surface area contributed by atoms with Crippen LogP contribution >= 0.6 is 0 Å². The van der Waals surface area contributed by atoms with Crippen LogP contribution in [0.1, 0.15) is 15.9 Å². The lowest BCUT2D eigenvalue weighted by atomic mass is 9.78. The standard InChI is InChI=1S/C15H16BN5O6/c22-12(7-21-8-17-18-19-21)20-5-10(6-20)26-11-2-1-9-3-4-16(25)27-14(9)13(11)15(23)24/h1-2,8,10,25H,3-7H2,(H,23,24). The van der Waals surface area contributed by atoms with Crippen molar-refractivity contribution >= 4 is 19.0 Å². The van der Waals surface area contributed by atoms with Crippen molar-refractivity contribution in [1.82, 2.24) is 25.1 Å². The Bertz CT molecular complexity index is 870. The molecule has 11 nitrogen and oxygen atoms in total. The highest BCUT2D eigenvalue weighted by molar-refractivity contribution is 6.44. The Morgan fingerprint density at radius 1 is 1.37 bits per heavy atom. The third-order valence-electron chi connectivity index (χ3n) is 4.51. The molecule has 1 saturated heterocycles. The van der Waals surface area contributed by atoms with Gasteiger partial charge >= 0.3 is 13.1 Å². The van der Waals surface area contributed by atoms with Crippen LogP contribution in [0.2, 0.25) is 6.32 Å². The molecule has 0 saturated carbocycles. The number of tetrazole rings is 1. The summed E-state index contributed by atoms with van der Waals surface area (Å²) in [6.45, 7) is 0.700. The van der Waals surface area contributed by atoms with Crippen LogP contribution in [-0.2, 0) is 17.8 Å². The van der Waals surface area contributed by atoms with E-state index < -0.39 is 13.1 Å². The van der Waals surface area contributed by atoms with Gasteiger partial charge in [0.2, 0.25) is 5.91 Å². The molecule has 1 aromatic heterocycles. The van der Waals surface area contributed by atoms with Gasteiger partial charge in [0, 0.05) is 0 Å². The monoisotopic (exact) mass is 373 g/mol. The first kappa shape index (κ1) is 17.3. The Labute approximate surface area is 153 Å². The minimum Gasteiger partial charge on any atom is -0.535 e. The number of carboxylic acids is 1. The maximum absolute atomic E-state index is 12.1. The first-order valence-corrected chi connectivity index (χ1v) is 8.40. The minimum absolute atomic E-state index is 0.0324. The maximum atomic E-state index is 12.1. The number of carbonyl (C=O) groups excluding carboxylic acids is 1. The number of carbonyl (C=O) groups is 2. The molecule has 27 heavy (non-hydrogen) atoms. The van der Waals surface area contributed by atoms with Crippen LogP contribution in [0.5, 0.6) is 11.5 Å². The highest BCUT2D eigenvalue weighted by Gasteiger charge is 2.35. The molecule has 140 valence electrons. The predicted octanol–water partition coefficient (Wildman–Crippen LogP) is -0.923. The van der Waals surface area contributed by atoms with Crippen molar-refractivity contribution in [1.29, 1.82) is 0 Å². The van der Waals surface area contributed by atoms with Crippen LogP contribution in [-0.4, -0.2) is 73.4 Å². The van der Waals surface area contributed by atoms with Crippen molar-refractivity contribution in [2.45, 2.75) is 25.4 Å². The molecule has 0 atom stereocenters. The summed E-state index contributed by atoms with van der Waals surface area (Å²) in [6, 6.07) is 3.33. The van der Waals surface area contributed by atoms with Crippen LogP contribution in [0.4, 0.5) is 0 Å². The fraction of sp³-hybridized carbons (Fsp3) is 0.400. The van der Waals surface area contributed by atoms with Gasteiger partial charge in [-0.1, -0.05) is 6.07 Å². The van der Waals surface area contributed by atoms with Gasteiger partial charge in [-0.25, -0.2) is 9.48 Å². The number of ether oxygens (including phenoxy) is 1. The third kappa shape index (κ3) is 3.43. The second-order valence-corrected chi connectivity index (χ2v) is 6.39. The van der Waals surface area contributed by atoms with Gasteiger partial charge in [-0.05, 0) is 34.8 Å². The average molecular weight is 373 g/mol. The van der Waals surface area contributed by atoms with Gasteiger partial charge < -0.3 is 24.4 Å². The summed E-state index contributed by atoms with van der Waals surface area (Å²) in [6.07, 6.45) is 1.96. The fourth-order valence-electron chi connectivity index (χ4n) is 3.10. The largest absolute Gasteiger partial charge is 0.535 e. The quantitative estimate of drug-likeness (QED) is 0.637. The van der Waals surface area contributed by atoms with Crippen molar-refractivity contribution in [3.05, 3.63) is 29.6 Å². The van der Waals surface area contributed by atoms with E-state index in [0.717, 1.165) is 5.56 Å². The van der Waals surface area contributed by atoms with Gasteiger partial charge in [0.1, 0.15) is 36.0 Å². The number of likely N-dealkylation sites (tertiary alicyclic amines) is 1. The number of aromatic nitrogens is 4. The Balaban J connectivity index is 1.43. The van der Waals surface area contributed by atoms with Crippen molar-refractivity contribution in [2.24, 2.45) is 0 Å². The van der Waals surface area contributed by atoms with E-state index in [0.29, 0.717) is 25.8 Å². The smallest absolute Gasteiger partial charge is 0.522 e. The summed E-state index contributed by atoms with van der Waals surface area (Å²) in [4.78, 5) is 25.4. The first-order chi connectivity index (χ1) is 13.0. The molecule has 4 rings (SSSR count). The van der Waals surface area contributed by atoms with E-state index in [2.05, 4.69) is 15.5 Å². The Morgan fingerprint density at radius 2 is 2.19 bits per heavy atom. The van der Waals surface area contributed by atoms with Gasteiger partial charge in [0.25, 0.3) is 0 Å². The second kappa shape index (κ2) is 6.87. The molecule has 0 unspecified atom stereocenters. The number of aromatic carboxylic acids is 1. The highest BCUT2D eigenvalue weighted by atomic mass is 16.5. The number of benzene rings is 1. The molecule has 3 heterocycles. The highest BCUT2D eigenvalue weighted by Crippen LogP contribution is 2.37. The van der Waals surface area contributed by atoms with Crippen LogP contribution < -0.4 is 9.39 Å². The number of fused-ring (bicyclic) bond motifs is 1. The minimum atomic E-state index is -1.19. The second-order valence-electron chi connectivity index (χ2n) is 6.39. The lowest BCUT2D eigenvalue weighted by molar-refractivity contribution is -0.140. The van der Waals surface area contributed by atoms with Crippen molar-refractivity contribution in [3.63, 3.8) is 0 Å². The van der Waals surface area contributed by atoms with Crippen LogP contribution in [0.25, 0.3) is 0 Å². The summed E-state index contributed by atoms with van der Waals surface area (Å²) in [5, 5.41) is 29.8. The summed E-state index contributed by atoms with van der Waals surface area (Å²) in [5.74, 6) is -1.04. The zero-order valence-electron chi connectivity index (χ0n) is 14.2. The number of amides is 1.